The molecule has 0 spiro atoms. The molecule has 2 aliphatic carbocycles. The Hall–Kier alpha value is -1.02. The maximum absolute atomic E-state index is 6.30. The normalized spacial score (nSPS) is 21.4. The third kappa shape index (κ3) is 1.52. The maximum Gasteiger partial charge on any atom is 0.124 e. The summed E-state index contributed by atoms with van der Waals surface area (Å²) >= 11 is 0. The van der Waals surface area contributed by atoms with Gasteiger partial charge in [0.2, 0.25) is 0 Å². The van der Waals surface area contributed by atoms with Gasteiger partial charge in [-0.3, -0.25) is 0 Å². The summed E-state index contributed by atoms with van der Waals surface area (Å²) in [6.07, 6.45) is 7.23. The Morgan fingerprint density at radius 3 is 2.31 bits per heavy atom. The molecule has 0 bridgehead atoms. The molecule has 2 heteroatoms. The van der Waals surface area contributed by atoms with Crippen LogP contribution in [0.5, 0.6) is 5.75 Å². The highest BCUT2D eigenvalue weighted by atomic mass is 16.5. The number of aryl methyl sites for hydroxylation is 2. The van der Waals surface area contributed by atoms with E-state index in [4.69, 9.17) is 10.5 Å². The monoisotopic (exact) mass is 217 g/mol. The molecular formula is C14H19NO. The van der Waals surface area contributed by atoms with Crippen molar-refractivity contribution in [3.8, 4) is 5.75 Å². The molecule has 1 aromatic rings. The molecule has 0 aromatic heterocycles. The first kappa shape index (κ1) is 10.2. The highest BCUT2D eigenvalue weighted by Crippen LogP contribution is 2.47. The second kappa shape index (κ2) is 3.49. The van der Waals surface area contributed by atoms with Crippen molar-refractivity contribution >= 4 is 0 Å². The Morgan fingerprint density at radius 2 is 1.75 bits per heavy atom. The lowest BCUT2D eigenvalue weighted by Gasteiger charge is -2.21. The van der Waals surface area contributed by atoms with E-state index in [2.05, 4.69) is 12.1 Å². The summed E-state index contributed by atoms with van der Waals surface area (Å²) in [5.41, 5.74) is 10.4. The largest absolute Gasteiger partial charge is 0.496 e. The number of nitrogens with two attached hydrogens (primary N) is 1. The lowest BCUT2D eigenvalue weighted by Crippen LogP contribution is -2.20. The van der Waals surface area contributed by atoms with Crippen LogP contribution in [-0.4, -0.2) is 7.11 Å². The Morgan fingerprint density at radius 1 is 1.12 bits per heavy atom. The van der Waals surface area contributed by atoms with E-state index >= 15 is 0 Å². The highest BCUT2D eigenvalue weighted by Gasteiger charge is 2.42. The van der Waals surface area contributed by atoms with Gasteiger partial charge in [-0.25, -0.2) is 0 Å². The van der Waals surface area contributed by atoms with E-state index in [1.807, 2.05) is 0 Å². The smallest absolute Gasteiger partial charge is 0.124 e. The molecule has 86 valence electrons. The number of fused-ring (bicyclic) bond motifs is 1. The van der Waals surface area contributed by atoms with Crippen LogP contribution in [0.15, 0.2) is 12.1 Å². The number of ether oxygens (including phenoxy) is 1. The van der Waals surface area contributed by atoms with Crippen LogP contribution in [0.4, 0.5) is 0 Å². The van der Waals surface area contributed by atoms with Gasteiger partial charge in [-0.15, -0.1) is 0 Å². The molecular weight excluding hydrogens is 198 g/mol. The van der Waals surface area contributed by atoms with Crippen LogP contribution in [0.3, 0.4) is 0 Å². The summed E-state index contributed by atoms with van der Waals surface area (Å²) in [5, 5.41) is 0. The minimum Gasteiger partial charge on any atom is -0.496 e. The van der Waals surface area contributed by atoms with Gasteiger partial charge in [-0.1, -0.05) is 0 Å². The standard InChI is InChI=1S/C14H19NO/c1-16-13-9-11-5-3-2-4-10(11)8-12(13)14(15)6-7-14/h8-9H,2-7,15H2,1H3. The van der Waals surface area contributed by atoms with E-state index in [0.29, 0.717) is 0 Å². The Bertz CT molecular complexity index is 421. The van der Waals surface area contributed by atoms with Crippen molar-refractivity contribution in [1.29, 1.82) is 0 Å². The van der Waals surface area contributed by atoms with Crippen LogP contribution in [-0.2, 0) is 18.4 Å². The molecule has 0 radical (unpaired) electrons. The second-order valence-corrected chi connectivity index (χ2v) is 5.18. The van der Waals surface area contributed by atoms with E-state index < -0.39 is 0 Å². The maximum atomic E-state index is 6.30. The molecule has 1 saturated carbocycles. The number of methoxy groups -OCH3 is 1. The summed E-state index contributed by atoms with van der Waals surface area (Å²) in [6, 6.07) is 4.52. The summed E-state index contributed by atoms with van der Waals surface area (Å²) in [5.74, 6) is 1.00. The number of hydrogen-bond donors (Lipinski definition) is 1. The Labute approximate surface area is 96.8 Å². The number of rotatable bonds is 2. The summed E-state index contributed by atoms with van der Waals surface area (Å²) in [4.78, 5) is 0. The Balaban J connectivity index is 2.09. The summed E-state index contributed by atoms with van der Waals surface area (Å²) in [7, 11) is 1.75. The van der Waals surface area contributed by atoms with Crippen LogP contribution in [0.1, 0.15) is 42.4 Å². The van der Waals surface area contributed by atoms with Crippen molar-refractivity contribution in [2.24, 2.45) is 5.73 Å². The molecule has 1 aromatic carbocycles. The van der Waals surface area contributed by atoms with Crippen LogP contribution >= 0.6 is 0 Å². The molecule has 0 atom stereocenters. The molecule has 0 unspecified atom stereocenters. The van der Waals surface area contributed by atoms with Gasteiger partial charge >= 0.3 is 0 Å². The zero-order valence-corrected chi connectivity index (χ0v) is 9.88. The second-order valence-electron chi connectivity index (χ2n) is 5.18. The van der Waals surface area contributed by atoms with Gasteiger partial charge in [-0.05, 0) is 61.8 Å². The van der Waals surface area contributed by atoms with Crippen molar-refractivity contribution in [2.75, 3.05) is 7.11 Å². The lowest BCUT2D eigenvalue weighted by molar-refractivity contribution is 0.403. The fourth-order valence-corrected chi connectivity index (χ4v) is 2.73. The number of hydrogen-bond acceptors (Lipinski definition) is 2. The minimum absolute atomic E-state index is 0.0855. The van der Waals surface area contributed by atoms with Gasteiger partial charge in [0.15, 0.2) is 0 Å². The van der Waals surface area contributed by atoms with E-state index in [1.165, 1.54) is 42.4 Å². The molecule has 3 rings (SSSR count). The van der Waals surface area contributed by atoms with Crippen LogP contribution in [0.25, 0.3) is 0 Å². The van der Waals surface area contributed by atoms with Gasteiger partial charge in [0.1, 0.15) is 5.75 Å². The van der Waals surface area contributed by atoms with Gasteiger partial charge < -0.3 is 10.5 Å². The predicted molar refractivity (Wildman–Crippen MR) is 64.7 cm³/mol. The average Bonchev–Trinajstić information content (AvgIpc) is 3.07. The molecule has 0 heterocycles. The third-order valence-electron chi connectivity index (χ3n) is 3.99. The van der Waals surface area contributed by atoms with Crippen molar-refractivity contribution in [2.45, 2.75) is 44.1 Å². The van der Waals surface area contributed by atoms with Gasteiger partial charge in [0.25, 0.3) is 0 Å². The molecule has 2 aliphatic rings. The molecule has 0 amide bonds. The van der Waals surface area contributed by atoms with Crippen LogP contribution in [0.2, 0.25) is 0 Å². The van der Waals surface area contributed by atoms with E-state index in [1.54, 1.807) is 7.11 Å². The molecule has 1 fully saturated rings. The topological polar surface area (TPSA) is 35.2 Å². The molecule has 0 aliphatic heterocycles. The van der Waals surface area contributed by atoms with Crippen molar-refractivity contribution in [3.63, 3.8) is 0 Å². The van der Waals surface area contributed by atoms with E-state index in [9.17, 15) is 0 Å². The summed E-state index contributed by atoms with van der Waals surface area (Å²) < 4.78 is 5.50. The lowest BCUT2D eigenvalue weighted by atomic mass is 9.88. The SMILES string of the molecule is COc1cc2c(cc1C1(N)CC1)CCCC2. The minimum atomic E-state index is -0.0855. The molecule has 0 saturated heterocycles. The van der Waals surface area contributed by atoms with E-state index in [-0.39, 0.29) is 5.54 Å². The van der Waals surface area contributed by atoms with Crippen molar-refractivity contribution < 1.29 is 4.74 Å². The molecule has 2 N–H and O–H groups in total. The van der Waals surface area contributed by atoms with Gasteiger partial charge in [-0.2, -0.15) is 0 Å². The van der Waals surface area contributed by atoms with Crippen molar-refractivity contribution in [3.05, 3.63) is 28.8 Å². The van der Waals surface area contributed by atoms with Crippen molar-refractivity contribution in [1.82, 2.24) is 0 Å². The number of benzene rings is 1. The Kier molecular flexibility index (Phi) is 2.21. The summed E-state index contributed by atoms with van der Waals surface area (Å²) in [6.45, 7) is 0. The average molecular weight is 217 g/mol. The fourth-order valence-electron chi connectivity index (χ4n) is 2.73. The molecule has 2 nitrogen and oxygen atoms in total. The van der Waals surface area contributed by atoms with Gasteiger partial charge in [0.05, 0.1) is 7.11 Å². The van der Waals surface area contributed by atoms with Crippen LogP contribution in [0, 0.1) is 0 Å². The first-order chi connectivity index (χ1) is 7.73. The van der Waals surface area contributed by atoms with Gasteiger partial charge in [0, 0.05) is 11.1 Å². The third-order valence-corrected chi connectivity index (χ3v) is 3.99. The predicted octanol–water partition coefficient (Wildman–Crippen LogP) is 2.52. The highest BCUT2D eigenvalue weighted by molar-refractivity contribution is 5.49. The molecule has 16 heavy (non-hydrogen) atoms. The van der Waals surface area contributed by atoms with E-state index in [0.717, 1.165) is 18.6 Å². The first-order valence-electron chi connectivity index (χ1n) is 6.22. The zero-order chi connectivity index (χ0) is 11.2. The first-order valence-corrected chi connectivity index (χ1v) is 6.22. The zero-order valence-electron chi connectivity index (χ0n) is 9.88. The fraction of sp³-hybridized carbons (Fsp3) is 0.571. The van der Waals surface area contributed by atoms with Crippen LogP contribution < -0.4 is 10.5 Å². The quantitative estimate of drug-likeness (QED) is 0.826.